The molecule has 1 heterocycles. The number of carbonyl (C=O) groups excluding carboxylic acids is 3. The number of nitrogens with two attached hydrogens (primary N) is 3. The average molecular weight is 579 g/mol. The largest absolute Gasteiger partial charge is 0.482 e. The minimum atomic E-state index is -0.696. The highest BCUT2D eigenvalue weighted by Gasteiger charge is 2.24. The normalized spacial score (nSPS) is 10.9. The topological polar surface area (TPSA) is 222 Å². The van der Waals surface area contributed by atoms with Crippen LogP contribution in [0.4, 0.5) is 16.4 Å². The minimum Gasteiger partial charge on any atom is -0.482 e. The molecule has 0 saturated heterocycles. The second kappa shape index (κ2) is 14.7. The molecule has 0 fully saturated rings. The Hall–Kier alpha value is -4.33. The van der Waals surface area contributed by atoms with Crippen LogP contribution in [0.5, 0.6) is 5.75 Å². The van der Waals surface area contributed by atoms with Crippen molar-refractivity contribution in [1.29, 1.82) is 5.41 Å². The molecule has 0 spiro atoms. The van der Waals surface area contributed by atoms with E-state index in [9.17, 15) is 14.4 Å². The third kappa shape index (κ3) is 10.8. The summed E-state index contributed by atoms with van der Waals surface area (Å²) >= 11 is 5.85. The number of guanidine groups is 1. The number of unbranched alkanes of at least 4 members (excludes halogenated alkanes) is 1. The van der Waals surface area contributed by atoms with Gasteiger partial charge < -0.3 is 36.7 Å². The molecule has 14 nitrogen and oxygen atoms in total. The number of anilines is 2. The number of hydrogen-bond donors (Lipinski definition) is 5. The molecule has 0 aliphatic carbocycles. The minimum absolute atomic E-state index is 0.0124. The van der Waals surface area contributed by atoms with Gasteiger partial charge in [-0.15, -0.1) is 0 Å². The molecule has 2 amide bonds. The van der Waals surface area contributed by atoms with Crippen LogP contribution in [0.2, 0.25) is 5.15 Å². The van der Waals surface area contributed by atoms with Crippen LogP contribution in [0, 0.1) is 5.41 Å². The molecule has 0 aliphatic heterocycles. The number of nitrogens with one attached hydrogen (secondary N) is 2. The zero-order valence-electron chi connectivity index (χ0n) is 22.7. The maximum Gasteiger partial charge on any atom is 0.407 e. The number of carbonyl (C=O) groups is 3. The van der Waals surface area contributed by atoms with Crippen LogP contribution in [-0.2, 0) is 20.7 Å². The summed E-state index contributed by atoms with van der Waals surface area (Å²) in [5, 5.41) is 10.1. The van der Waals surface area contributed by atoms with Crippen LogP contribution in [-0.4, -0.2) is 70.7 Å². The third-order valence-corrected chi connectivity index (χ3v) is 5.33. The Morgan fingerprint density at radius 3 is 2.38 bits per heavy atom. The SMILES string of the molecule is CC(C)(C)OC(=O)NCCOC(=O)COc1ccc(CCCCN(C(=N)N)C(=O)c2nc(Cl)c(N)nc2N)cc1. The number of alkyl carbamates (subject to hydrolysis) is 1. The number of nitrogen functional groups attached to an aromatic ring is 2. The average Bonchev–Trinajstić information content (AvgIpc) is 2.86. The molecule has 2 rings (SSSR count). The molecule has 2 aromatic rings. The number of ether oxygens (including phenoxy) is 3. The number of benzene rings is 1. The molecule has 1 aromatic heterocycles. The van der Waals surface area contributed by atoms with Crippen molar-refractivity contribution in [3.05, 3.63) is 40.7 Å². The first-order chi connectivity index (χ1) is 18.8. The standard InChI is InChI=1S/C25H35ClN8O6/c1-25(2,3)40-24(37)31-11-13-38-17(35)14-39-16-9-7-15(8-10-16)6-4-5-12-34(23(29)30)22(36)18-20(27)33-21(28)19(26)32-18/h7-10H,4-6,11-14H2,1-3H3,(H3,29,30)(H,31,37)(H4,27,28,33). The summed E-state index contributed by atoms with van der Waals surface area (Å²) < 4.78 is 15.5. The lowest BCUT2D eigenvalue weighted by atomic mass is 10.1. The van der Waals surface area contributed by atoms with Gasteiger partial charge in [-0.2, -0.15) is 0 Å². The highest BCUT2D eigenvalue weighted by molar-refractivity contribution is 6.31. The number of amides is 2. The molecule has 40 heavy (non-hydrogen) atoms. The first kappa shape index (κ1) is 31.9. The number of aryl methyl sites for hydroxylation is 1. The molecule has 218 valence electrons. The smallest absolute Gasteiger partial charge is 0.407 e. The summed E-state index contributed by atoms with van der Waals surface area (Å²) in [6.45, 7) is 5.23. The molecule has 0 unspecified atom stereocenters. The van der Waals surface area contributed by atoms with Gasteiger partial charge in [-0.1, -0.05) is 23.7 Å². The molecular weight excluding hydrogens is 544 g/mol. The molecule has 0 bridgehead atoms. The van der Waals surface area contributed by atoms with Gasteiger partial charge in [0.2, 0.25) is 0 Å². The van der Waals surface area contributed by atoms with Gasteiger partial charge in [-0.05, 0) is 57.7 Å². The zero-order chi connectivity index (χ0) is 29.9. The summed E-state index contributed by atoms with van der Waals surface area (Å²) in [6, 6.07) is 7.16. The van der Waals surface area contributed by atoms with Gasteiger partial charge in [0.25, 0.3) is 5.91 Å². The summed E-state index contributed by atoms with van der Waals surface area (Å²) in [5.74, 6) is -1.55. The maximum atomic E-state index is 12.8. The van der Waals surface area contributed by atoms with E-state index in [0.29, 0.717) is 25.0 Å². The van der Waals surface area contributed by atoms with Crippen LogP contribution >= 0.6 is 11.6 Å². The second-order valence-electron chi connectivity index (χ2n) is 9.51. The van der Waals surface area contributed by atoms with Crippen LogP contribution in [0.25, 0.3) is 0 Å². The maximum absolute atomic E-state index is 12.8. The molecular formula is C25H35ClN8O6. The Kier molecular flexibility index (Phi) is 11.7. The predicted octanol–water partition coefficient (Wildman–Crippen LogP) is 2.10. The van der Waals surface area contributed by atoms with Crippen LogP contribution in [0.15, 0.2) is 24.3 Å². The van der Waals surface area contributed by atoms with E-state index >= 15 is 0 Å². The van der Waals surface area contributed by atoms with E-state index < -0.39 is 29.5 Å². The van der Waals surface area contributed by atoms with E-state index in [1.807, 2.05) is 12.1 Å². The zero-order valence-corrected chi connectivity index (χ0v) is 23.4. The van der Waals surface area contributed by atoms with Gasteiger partial charge in [-0.3, -0.25) is 15.1 Å². The van der Waals surface area contributed by atoms with E-state index in [0.717, 1.165) is 10.5 Å². The van der Waals surface area contributed by atoms with Crippen LogP contribution in [0.3, 0.4) is 0 Å². The second-order valence-corrected chi connectivity index (χ2v) is 9.87. The lowest BCUT2D eigenvalue weighted by molar-refractivity contribution is -0.145. The fraction of sp³-hybridized carbons (Fsp3) is 0.440. The highest BCUT2D eigenvalue weighted by Crippen LogP contribution is 2.19. The summed E-state index contributed by atoms with van der Waals surface area (Å²) in [7, 11) is 0. The number of nitrogens with zero attached hydrogens (tertiary/aromatic N) is 3. The van der Waals surface area contributed by atoms with Gasteiger partial charge in [0.05, 0.1) is 6.54 Å². The lowest BCUT2D eigenvalue weighted by Gasteiger charge is -2.20. The molecule has 0 aliphatic rings. The van der Waals surface area contributed by atoms with Crippen molar-refractivity contribution in [2.24, 2.45) is 5.73 Å². The number of halogens is 1. The predicted molar refractivity (Wildman–Crippen MR) is 149 cm³/mol. The Labute approximate surface area is 237 Å². The van der Waals surface area contributed by atoms with E-state index in [1.165, 1.54) is 0 Å². The molecule has 0 radical (unpaired) electrons. The highest BCUT2D eigenvalue weighted by atomic mass is 35.5. The molecule has 8 N–H and O–H groups in total. The van der Waals surface area contributed by atoms with Crippen LogP contribution < -0.4 is 27.3 Å². The molecule has 1 aromatic carbocycles. The van der Waals surface area contributed by atoms with Crippen LogP contribution in [0.1, 0.15) is 49.7 Å². The van der Waals surface area contributed by atoms with Gasteiger partial charge >= 0.3 is 12.1 Å². The monoisotopic (exact) mass is 578 g/mol. The van der Waals surface area contributed by atoms with Crippen molar-refractivity contribution in [3.8, 4) is 5.75 Å². The first-order valence-corrected chi connectivity index (χ1v) is 12.7. The summed E-state index contributed by atoms with van der Waals surface area (Å²) in [4.78, 5) is 44.9. The lowest BCUT2D eigenvalue weighted by Crippen LogP contribution is -2.42. The molecule has 0 saturated carbocycles. The summed E-state index contributed by atoms with van der Waals surface area (Å²) in [6.07, 6.45) is 1.31. The van der Waals surface area contributed by atoms with Crippen molar-refractivity contribution in [2.45, 2.75) is 45.6 Å². The first-order valence-electron chi connectivity index (χ1n) is 12.4. The third-order valence-electron chi connectivity index (χ3n) is 5.05. The number of hydrogen-bond acceptors (Lipinski definition) is 11. The van der Waals surface area contributed by atoms with E-state index in [2.05, 4.69) is 15.3 Å². The van der Waals surface area contributed by atoms with E-state index in [1.54, 1.807) is 32.9 Å². The Morgan fingerprint density at radius 1 is 1.07 bits per heavy atom. The fourth-order valence-electron chi connectivity index (χ4n) is 3.23. The van der Waals surface area contributed by atoms with Crippen molar-refractivity contribution < 1.29 is 28.6 Å². The van der Waals surface area contributed by atoms with Gasteiger partial charge in [0, 0.05) is 6.54 Å². The van der Waals surface area contributed by atoms with Crippen molar-refractivity contribution in [2.75, 3.05) is 37.8 Å². The van der Waals surface area contributed by atoms with Crippen molar-refractivity contribution in [1.82, 2.24) is 20.2 Å². The quantitative estimate of drug-likeness (QED) is 0.106. The van der Waals surface area contributed by atoms with E-state index in [-0.39, 0.29) is 48.8 Å². The van der Waals surface area contributed by atoms with Gasteiger partial charge in [0.15, 0.2) is 35.0 Å². The van der Waals surface area contributed by atoms with Gasteiger partial charge in [-0.25, -0.2) is 19.6 Å². The van der Waals surface area contributed by atoms with Crippen molar-refractivity contribution in [3.63, 3.8) is 0 Å². The number of aromatic nitrogens is 2. The van der Waals surface area contributed by atoms with E-state index in [4.69, 9.17) is 48.4 Å². The molecule has 0 atom stereocenters. The Morgan fingerprint density at radius 2 is 1.75 bits per heavy atom. The summed E-state index contributed by atoms with van der Waals surface area (Å²) in [5.41, 5.74) is 17.0. The fourth-order valence-corrected chi connectivity index (χ4v) is 3.35. The Balaban J connectivity index is 1.72. The van der Waals surface area contributed by atoms with Crippen molar-refractivity contribution >= 4 is 47.2 Å². The Bertz CT molecular complexity index is 1200. The number of esters is 1. The molecule has 15 heteroatoms. The van der Waals surface area contributed by atoms with Gasteiger partial charge in [0.1, 0.15) is 18.0 Å². The number of rotatable bonds is 12.